The van der Waals surface area contributed by atoms with Crippen LogP contribution in [0.5, 0.6) is 0 Å². The number of aryl methyl sites for hydroxylation is 1. The van der Waals surface area contributed by atoms with E-state index >= 15 is 0 Å². The van der Waals surface area contributed by atoms with Crippen molar-refractivity contribution in [2.24, 2.45) is 0 Å². The summed E-state index contributed by atoms with van der Waals surface area (Å²) in [5.74, 6) is 0. The van der Waals surface area contributed by atoms with Gasteiger partial charge in [0, 0.05) is 16.6 Å². The Morgan fingerprint density at radius 2 is 1.50 bits per heavy atom. The van der Waals surface area contributed by atoms with Crippen molar-refractivity contribution < 1.29 is 0 Å². The highest BCUT2D eigenvalue weighted by Crippen LogP contribution is 2.36. The highest BCUT2D eigenvalue weighted by molar-refractivity contribution is 6.15. The average Bonchev–Trinajstić information content (AvgIpc) is 2.87. The predicted molar refractivity (Wildman–Crippen MR) is 147 cm³/mol. The van der Waals surface area contributed by atoms with E-state index in [4.69, 9.17) is 0 Å². The highest BCUT2D eigenvalue weighted by atomic mass is 16.1. The first-order chi connectivity index (χ1) is 16.6. The van der Waals surface area contributed by atoms with Gasteiger partial charge in [-0.05, 0) is 80.4 Å². The van der Waals surface area contributed by atoms with Crippen LogP contribution >= 0.6 is 0 Å². The molecule has 34 heavy (non-hydrogen) atoms. The molecule has 1 N–H and O–H groups in total. The third-order valence-electron chi connectivity index (χ3n) is 6.83. The Kier molecular flexibility index (Phi) is 4.81. The van der Waals surface area contributed by atoms with E-state index in [1.165, 1.54) is 32.3 Å². The molecule has 0 atom stereocenters. The lowest BCUT2D eigenvalue weighted by atomic mass is 9.92. The van der Waals surface area contributed by atoms with Gasteiger partial charge in [-0.15, -0.1) is 0 Å². The molecular weight excluding hydrogens is 414 g/mol. The van der Waals surface area contributed by atoms with Crippen molar-refractivity contribution in [3.63, 3.8) is 0 Å². The molecule has 0 radical (unpaired) electrons. The summed E-state index contributed by atoms with van der Waals surface area (Å²) in [6, 6.07) is 30.2. The summed E-state index contributed by atoms with van der Waals surface area (Å²) in [6.45, 7) is 4.08. The lowest BCUT2D eigenvalue weighted by Gasteiger charge is -2.12. The molecule has 2 heteroatoms. The Bertz CT molecular complexity index is 1820. The normalized spacial score (nSPS) is 11.9. The molecule has 0 aliphatic heterocycles. The van der Waals surface area contributed by atoms with Gasteiger partial charge in [-0.2, -0.15) is 0 Å². The lowest BCUT2D eigenvalue weighted by Crippen LogP contribution is -2.09. The van der Waals surface area contributed by atoms with E-state index in [0.717, 1.165) is 39.6 Å². The topological polar surface area (TPSA) is 32.9 Å². The van der Waals surface area contributed by atoms with Crippen LogP contribution < -0.4 is 5.56 Å². The zero-order valence-corrected chi connectivity index (χ0v) is 19.4. The Balaban J connectivity index is 1.60. The van der Waals surface area contributed by atoms with Gasteiger partial charge in [0.05, 0.1) is 0 Å². The maximum absolute atomic E-state index is 12.9. The molecule has 1 aromatic heterocycles. The molecular formula is C32H25NO. The van der Waals surface area contributed by atoms with Crippen molar-refractivity contribution in [2.45, 2.75) is 20.3 Å². The molecule has 0 bridgehead atoms. The predicted octanol–water partition coefficient (Wildman–Crippen LogP) is 8.39. The van der Waals surface area contributed by atoms with Gasteiger partial charge in [-0.25, -0.2) is 0 Å². The fourth-order valence-electron chi connectivity index (χ4n) is 5.13. The number of nitrogens with one attached hydrogen (secondary N) is 1. The van der Waals surface area contributed by atoms with E-state index in [2.05, 4.69) is 103 Å². The number of rotatable bonds is 3. The summed E-state index contributed by atoms with van der Waals surface area (Å²) in [6.07, 6.45) is 5.20. The van der Waals surface area contributed by atoms with Crippen LogP contribution in [0.15, 0.2) is 95.8 Å². The molecule has 0 aliphatic rings. The van der Waals surface area contributed by atoms with E-state index in [9.17, 15) is 4.79 Å². The zero-order chi connectivity index (χ0) is 23.2. The van der Waals surface area contributed by atoms with E-state index in [0.29, 0.717) is 0 Å². The first-order valence-corrected chi connectivity index (χ1v) is 11.8. The second-order valence-electron chi connectivity index (χ2n) is 8.95. The minimum Gasteiger partial charge on any atom is -0.325 e. The average molecular weight is 440 g/mol. The summed E-state index contributed by atoms with van der Waals surface area (Å²) in [5, 5.41) is 9.12. The summed E-state index contributed by atoms with van der Waals surface area (Å²) in [4.78, 5) is 15.9. The quantitative estimate of drug-likeness (QED) is 0.218. The second-order valence-corrected chi connectivity index (χ2v) is 8.95. The summed E-state index contributed by atoms with van der Waals surface area (Å²) in [5.41, 5.74) is 4.14. The first-order valence-electron chi connectivity index (χ1n) is 11.8. The van der Waals surface area contributed by atoms with Gasteiger partial charge in [0.25, 0.3) is 5.56 Å². The number of H-pyrrole nitrogens is 1. The van der Waals surface area contributed by atoms with Gasteiger partial charge < -0.3 is 4.98 Å². The largest absolute Gasteiger partial charge is 0.325 e. The number of fused-ring (bicyclic) bond motifs is 5. The molecule has 2 nitrogen and oxygen atoms in total. The maximum Gasteiger partial charge on any atom is 0.256 e. The Morgan fingerprint density at radius 1 is 0.706 bits per heavy atom. The van der Waals surface area contributed by atoms with Crippen LogP contribution in [0.2, 0.25) is 0 Å². The van der Waals surface area contributed by atoms with E-state index < -0.39 is 0 Å². The number of hydrogen-bond acceptors (Lipinski definition) is 1. The van der Waals surface area contributed by atoms with Crippen molar-refractivity contribution >= 4 is 49.2 Å². The SMILES string of the molecule is CC/C=C\c1c(C)[nH]c(=O)c2cc(-c3cccc4c3ccc3cc5ccccc5cc34)ccc12. The standard InChI is InChI=1S/C32H25NO/c1-3-4-10-25-20(2)33-32(34)31-19-24(14-15-28(25)31)26-11-7-12-27-29(26)16-13-23-17-21-8-5-6-9-22(21)18-30(23)27/h4-19H,3H2,1-2H3,(H,33,34)/b10-4-. The smallest absolute Gasteiger partial charge is 0.256 e. The second kappa shape index (κ2) is 8.00. The first kappa shape index (κ1) is 20.4. The lowest BCUT2D eigenvalue weighted by molar-refractivity contribution is 1.16. The molecule has 0 fully saturated rings. The van der Waals surface area contributed by atoms with Gasteiger partial charge >= 0.3 is 0 Å². The molecule has 164 valence electrons. The van der Waals surface area contributed by atoms with Crippen molar-refractivity contribution in [1.29, 1.82) is 0 Å². The van der Waals surface area contributed by atoms with E-state index in [1.54, 1.807) is 0 Å². The van der Waals surface area contributed by atoms with Crippen LogP contribution in [0.4, 0.5) is 0 Å². The molecule has 0 spiro atoms. The third kappa shape index (κ3) is 3.22. The molecule has 5 aromatic carbocycles. The number of benzene rings is 5. The summed E-state index contributed by atoms with van der Waals surface area (Å²) >= 11 is 0. The van der Waals surface area contributed by atoms with Gasteiger partial charge in [-0.1, -0.05) is 85.8 Å². The number of aromatic amines is 1. The monoisotopic (exact) mass is 439 g/mol. The number of aromatic nitrogens is 1. The Morgan fingerprint density at radius 3 is 2.32 bits per heavy atom. The van der Waals surface area contributed by atoms with Crippen molar-refractivity contribution in [1.82, 2.24) is 4.98 Å². The van der Waals surface area contributed by atoms with Gasteiger partial charge in [0.15, 0.2) is 0 Å². The van der Waals surface area contributed by atoms with Crippen LogP contribution in [-0.4, -0.2) is 4.98 Å². The van der Waals surface area contributed by atoms with E-state index in [-0.39, 0.29) is 5.56 Å². The fourth-order valence-corrected chi connectivity index (χ4v) is 5.13. The van der Waals surface area contributed by atoms with E-state index in [1.807, 2.05) is 13.0 Å². The number of hydrogen-bond donors (Lipinski definition) is 1. The summed E-state index contributed by atoms with van der Waals surface area (Å²) < 4.78 is 0. The molecule has 0 saturated carbocycles. The number of pyridine rings is 1. The fraction of sp³-hybridized carbons (Fsp3) is 0.0938. The molecule has 0 amide bonds. The van der Waals surface area contributed by atoms with Gasteiger partial charge in [0.1, 0.15) is 0 Å². The maximum atomic E-state index is 12.9. The summed E-state index contributed by atoms with van der Waals surface area (Å²) in [7, 11) is 0. The molecule has 6 rings (SSSR count). The van der Waals surface area contributed by atoms with Crippen LogP contribution in [-0.2, 0) is 0 Å². The third-order valence-corrected chi connectivity index (χ3v) is 6.83. The highest BCUT2D eigenvalue weighted by Gasteiger charge is 2.12. The zero-order valence-electron chi connectivity index (χ0n) is 19.4. The van der Waals surface area contributed by atoms with Crippen molar-refractivity contribution in [3.05, 3.63) is 113 Å². The minimum absolute atomic E-state index is 0.0415. The molecule has 6 aromatic rings. The molecule has 0 saturated heterocycles. The van der Waals surface area contributed by atoms with Gasteiger partial charge in [0.2, 0.25) is 0 Å². The molecule has 1 heterocycles. The van der Waals surface area contributed by atoms with Crippen LogP contribution in [0, 0.1) is 6.92 Å². The minimum atomic E-state index is -0.0415. The van der Waals surface area contributed by atoms with Crippen LogP contribution in [0.3, 0.4) is 0 Å². The van der Waals surface area contributed by atoms with Crippen LogP contribution in [0.25, 0.3) is 60.3 Å². The van der Waals surface area contributed by atoms with Crippen molar-refractivity contribution in [2.75, 3.05) is 0 Å². The van der Waals surface area contributed by atoms with Crippen molar-refractivity contribution in [3.8, 4) is 11.1 Å². The van der Waals surface area contributed by atoms with Crippen LogP contribution in [0.1, 0.15) is 24.6 Å². The van der Waals surface area contributed by atoms with Gasteiger partial charge in [-0.3, -0.25) is 4.79 Å². The molecule has 0 aliphatic carbocycles. The number of allylic oxidation sites excluding steroid dienone is 1. The Labute approximate surface area is 198 Å². The molecule has 0 unspecified atom stereocenters. The Hall–Kier alpha value is -4.17.